The molecule has 1 aliphatic rings. The lowest BCUT2D eigenvalue weighted by atomic mass is 9.94. The predicted molar refractivity (Wildman–Crippen MR) is 142 cm³/mol. The minimum Gasteiger partial charge on any atom is -0.507 e. The van der Waals surface area contributed by atoms with Gasteiger partial charge in [-0.25, -0.2) is 9.37 Å². The second-order valence-electron chi connectivity index (χ2n) is 8.75. The maximum atomic E-state index is 13.8. The standard InChI is InChI=1S/C29H25FN2O4S/c1-3-14-36-21-7-5-6-19(15-21)26(33)24-25(18-10-8-17(4-2)9-11-18)32(28(35)27(24)34)29-31-22-13-12-20(30)16-23(22)37-29/h5-13,15-16,25,33H,3-4,14H2,1-2H3. The minimum absolute atomic E-state index is 0.0349. The van der Waals surface area contributed by atoms with E-state index in [0.717, 1.165) is 29.7 Å². The van der Waals surface area contributed by atoms with Crippen LogP contribution in [0.2, 0.25) is 0 Å². The van der Waals surface area contributed by atoms with Crippen molar-refractivity contribution in [2.24, 2.45) is 0 Å². The van der Waals surface area contributed by atoms with Crippen LogP contribution in [0, 0.1) is 5.82 Å². The van der Waals surface area contributed by atoms with E-state index in [-0.39, 0.29) is 16.5 Å². The highest BCUT2D eigenvalue weighted by molar-refractivity contribution is 7.22. The van der Waals surface area contributed by atoms with E-state index in [1.54, 1.807) is 24.3 Å². The summed E-state index contributed by atoms with van der Waals surface area (Å²) in [5.41, 5.74) is 2.60. The van der Waals surface area contributed by atoms with Gasteiger partial charge in [0.15, 0.2) is 5.13 Å². The Morgan fingerprint density at radius 3 is 2.59 bits per heavy atom. The average Bonchev–Trinajstić information content (AvgIpc) is 3.44. The minimum atomic E-state index is -0.906. The van der Waals surface area contributed by atoms with Crippen molar-refractivity contribution in [2.45, 2.75) is 32.7 Å². The number of nitrogens with zero attached hydrogens (tertiary/aromatic N) is 2. The van der Waals surface area contributed by atoms with Crippen molar-refractivity contribution >= 4 is 44.1 Å². The van der Waals surface area contributed by atoms with Crippen LogP contribution in [-0.4, -0.2) is 28.4 Å². The van der Waals surface area contributed by atoms with Crippen molar-refractivity contribution in [1.82, 2.24) is 4.98 Å². The summed E-state index contributed by atoms with van der Waals surface area (Å²) >= 11 is 1.12. The van der Waals surface area contributed by atoms with Crippen LogP contribution < -0.4 is 9.64 Å². The van der Waals surface area contributed by atoms with Crippen LogP contribution in [0.4, 0.5) is 9.52 Å². The van der Waals surface area contributed by atoms with E-state index in [2.05, 4.69) is 4.98 Å². The van der Waals surface area contributed by atoms with E-state index in [0.29, 0.717) is 33.7 Å². The monoisotopic (exact) mass is 516 g/mol. The van der Waals surface area contributed by atoms with Crippen LogP contribution in [-0.2, 0) is 16.0 Å². The second kappa shape index (κ2) is 10.1. The van der Waals surface area contributed by atoms with Crippen LogP contribution >= 0.6 is 11.3 Å². The molecular formula is C29H25FN2O4S. The first kappa shape index (κ1) is 24.6. The maximum absolute atomic E-state index is 13.8. The van der Waals surface area contributed by atoms with E-state index >= 15 is 0 Å². The van der Waals surface area contributed by atoms with Gasteiger partial charge in [-0.2, -0.15) is 0 Å². The van der Waals surface area contributed by atoms with Crippen molar-refractivity contribution in [1.29, 1.82) is 0 Å². The molecule has 1 N–H and O–H groups in total. The lowest BCUT2D eigenvalue weighted by Crippen LogP contribution is -2.29. The molecule has 188 valence electrons. The number of anilines is 1. The molecule has 1 aliphatic heterocycles. The number of aliphatic hydroxyl groups is 1. The van der Waals surface area contributed by atoms with Crippen molar-refractivity contribution < 1.29 is 23.8 Å². The van der Waals surface area contributed by atoms with Gasteiger partial charge in [0.05, 0.1) is 28.4 Å². The van der Waals surface area contributed by atoms with Gasteiger partial charge in [0, 0.05) is 5.56 Å². The molecule has 4 aromatic rings. The highest BCUT2D eigenvalue weighted by Crippen LogP contribution is 2.44. The van der Waals surface area contributed by atoms with Gasteiger partial charge in [-0.05, 0) is 54.3 Å². The quantitative estimate of drug-likeness (QED) is 0.174. The number of ether oxygens (including phenoxy) is 1. The van der Waals surface area contributed by atoms with Crippen LogP contribution in [0.15, 0.2) is 72.3 Å². The van der Waals surface area contributed by atoms with Gasteiger partial charge in [0.25, 0.3) is 5.78 Å². The first-order chi connectivity index (χ1) is 17.9. The molecule has 1 amide bonds. The summed E-state index contributed by atoms with van der Waals surface area (Å²) in [5, 5.41) is 11.6. The van der Waals surface area contributed by atoms with E-state index in [4.69, 9.17) is 4.74 Å². The summed E-state index contributed by atoms with van der Waals surface area (Å²) in [6.45, 7) is 4.54. The molecule has 1 saturated heterocycles. The number of carbonyl (C=O) groups excluding carboxylic acids is 2. The fourth-order valence-electron chi connectivity index (χ4n) is 4.38. The Morgan fingerprint density at radius 1 is 1.08 bits per heavy atom. The smallest absolute Gasteiger partial charge is 0.301 e. The second-order valence-corrected chi connectivity index (χ2v) is 9.76. The molecule has 37 heavy (non-hydrogen) atoms. The number of carbonyl (C=O) groups is 2. The van der Waals surface area contributed by atoms with Crippen LogP contribution in [0.3, 0.4) is 0 Å². The van der Waals surface area contributed by atoms with E-state index in [1.807, 2.05) is 38.1 Å². The Kier molecular flexibility index (Phi) is 6.76. The Morgan fingerprint density at radius 2 is 1.86 bits per heavy atom. The largest absolute Gasteiger partial charge is 0.507 e. The molecule has 0 aliphatic carbocycles. The van der Waals surface area contributed by atoms with Gasteiger partial charge in [-0.15, -0.1) is 0 Å². The summed E-state index contributed by atoms with van der Waals surface area (Å²) in [5.74, 6) is -1.77. The molecule has 1 aromatic heterocycles. The van der Waals surface area contributed by atoms with Gasteiger partial charge >= 0.3 is 5.91 Å². The van der Waals surface area contributed by atoms with Crippen LogP contribution in [0.5, 0.6) is 5.75 Å². The number of thiazole rings is 1. The normalized spacial score (nSPS) is 17.1. The number of fused-ring (bicyclic) bond motifs is 1. The van der Waals surface area contributed by atoms with Crippen LogP contribution in [0.25, 0.3) is 16.0 Å². The number of hydrogen-bond donors (Lipinski definition) is 1. The number of amides is 1. The number of ketones is 1. The molecule has 6 nitrogen and oxygen atoms in total. The van der Waals surface area contributed by atoms with Gasteiger partial charge in [-0.1, -0.05) is 61.6 Å². The van der Waals surface area contributed by atoms with Gasteiger partial charge in [-0.3, -0.25) is 14.5 Å². The first-order valence-corrected chi connectivity index (χ1v) is 12.9. The zero-order chi connectivity index (χ0) is 26.1. The van der Waals surface area contributed by atoms with Crippen molar-refractivity contribution in [2.75, 3.05) is 11.5 Å². The number of halogens is 1. The van der Waals surface area contributed by atoms with Crippen LogP contribution in [0.1, 0.15) is 43.0 Å². The SMILES string of the molecule is CCCOc1cccc(C(O)=C2C(=O)C(=O)N(c3nc4ccc(F)cc4s3)C2c2ccc(CC)cc2)c1. The van der Waals surface area contributed by atoms with Gasteiger partial charge in [0.1, 0.15) is 17.3 Å². The third-order valence-corrected chi connectivity index (χ3v) is 7.29. The molecule has 0 spiro atoms. The predicted octanol–water partition coefficient (Wildman–Crippen LogP) is 6.41. The summed E-state index contributed by atoms with van der Waals surface area (Å²) in [6, 6.07) is 17.7. The number of aliphatic hydroxyl groups excluding tert-OH is 1. The fourth-order valence-corrected chi connectivity index (χ4v) is 5.40. The Balaban J connectivity index is 1.68. The number of rotatable bonds is 7. The molecular weight excluding hydrogens is 491 g/mol. The van der Waals surface area contributed by atoms with Crippen molar-refractivity contribution in [3.63, 3.8) is 0 Å². The number of hydrogen-bond acceptors (Lipinski definition) is 6. The Bertz CT molecular complexity index is 1530. The fraction of sp³-hybridized carbons (Fsp3) is 0.207. The zero-order valence-corrected chi connectivity index (χ0v) is 21.2. The maximum Gasteiger partial charge on any atom is 0.301 e. The van der Waals surface area contributed by atoms with Gasteiger partial charge in [0.2, 0.25) is 0 Å². The molecule has 0 saturated carbocycles. The van der Waals surface area contributed by atoms with Gasteiger partial charge < -0.3 is 9.84 Å². The summed E-state index contributed by atoms with van der Waals surface area (Å²) in [6.07, 6.45) is 1.65. The number of aromatic nitrogens is 1. The highest BCUT2D eigenvalue weighted by Gasteiger charge is 2.48. The average molecular weight is 517 g/mol. The third-order valence-electron chi connectivity index (χ3n) is 6.27. The number of benzene rings is 3. The van der Waals surface area contributed by atoms with E-state index < -0.39 is 23.5 Å². The third kappa shape index (κ3) is 4.60. The topological polar surface area (TPSA) is 79.7 Å². The highest BCUT2D eigenvalue weighted by atomic mass is 32.1. The molecule has 0 radical (unpaired) electrons. The molecule has 5 rings (SSSR count). The molecule has 2 heterocycles. The summed E-state index contributed by atoms with van der Waals surface area (Å²) < 4.78 is 20.1. The molecule has 1 unspecified atom stereocenters. The van der Waals surface area contributed by atoms with Crippen molar-refractivity contribution in [3.8, 4) is 5.75 Å². The summed E-state index contributed by atoms with van der Waals surface area (Å²) in [4.78, 5) is 32.6. The zero-order valence-electron chi connectivity index (χ0n) is 20.4. The lowest BCUT2D eigenvalue weighted by Gasteiger charge is -2.23. The molecule has 8 heteroatoms. The first-order valence-electron chi connectivity index (χ1n) is 12.1. The number of Topliss-reactive ketones (excluding diaryl/α,β-unsaturated/α-hetero) is 1. The molecule has 0 bridgehead atoms. The molecule has 3 aromatic carbocycles. The molecule has 1 fully saturated rings. The summed E-state index contributed by atoms with van der Waals surface area (Å²) in [7, 11) is 0. The Labute approximate surface area is 217 Å². The lowest BCUT2D eigenvalue weighted by molar-refractivity contribution is -0.132. The Hall–Kier alpha value is -4.04. The van der Waals surface area contributed by atoms with E-state index in [1.165, 1.54) is 23.1 Å². The van der Waals surface area contributed by atoms with E-state index in [9.17, 15) is 19.1 Å². The molecule has 1 atom stereocenters. The number of aryl methyl sites for hydroxylation is 1. The van der Waals surface area contributed by atoms with Crippen molar-refractivity contribution in [3.05, 3.63) is 94.8 Å².